The third kappa shape index (κ3) is 3.61. The van der Waals surface area contributed by atoms with Crippen molar-refractivity contribution < 1.29 is 23.8 Å². The fourth-order valence-electron chi connectivity index (χ4n) is 3.49. The molecular formula is C17H19Cl2N3O5. The third-order valence-corrected chi connectivity index (χ3v) is 5.27. The van der Waals surface area contributed by atoms with Crippen molar-refractivity contribution in [3.63, 3.8) is 0 Å². The molecule has 0 spiro atoms. The molecule has 27 heavy (non-hydrogen) atoms. The SMILES string of the molecule is O=C(NC[C@@H]1OC(=O)N2c3ccc(N4CCOCC4)cc3OC[C@@H]12)C(Cl)Cl. The van der Waals surface area contributed by atoms with Gasteiger partial charge in [-0.05, 0) is 12.1 Å². The Morgan fingerprint density at radius 1 is 1.30 bits per heavy atom. The molecule has 1 aromatic rings. The van der Waals surface area contributed by atoms with Crippen LogP contribution in [0.2, 0.25) is 0 Å². The van der Waals surface area contributed by atoms with E-state index in [9.17, 15) is 9.59 Å². The topological polar surface area (TPSA) is 80.3 Å². The van der Waals surface area contributed by atoms with E-state index in [-0.39, 0.29) is 19.2 Å². The molecule has 0 radical (unpaired) electrons. The number of hydrogen-bond acceptors (Lipinski definition) is 6. The Labute approximate surface area is 166 Å². The number of fused-ring (bicyclic) bond motifs is 3. The molecule has 0 saturated carbocycles. The van der Waals surface area contributed by atoms with Crippen LogP contribution in [0.3, 0.4) is 0 Å². The van der Waals surface area contributed by atoms with Crippen LogP contribution in [0.1, 0.15) is 0 Å². The molecule has 0 unspecified atom stereocenters. The van der Waals surface area contributed by atoms with E-state index in [1.54, 1.807) is 4.90 Å². The normalized spacial score (nSPS) is 24.2. The van der Waals surface area contributed by atoms with Gasteiger partial charge >= 0.3 is 6.09 Å². The Balaban J connectivity index is 1.50. The van der Waals surface area contributed by atoms with Gasteiger partial charge in [-0.2, -0.15) is 0 Å². The third-order valence-electron chi connectivity index (χ3n) is 4.87. The number of alkyl halides is 2. The maximum absolute atomic E-state index is 12.4. The van der Waals surface area contributed by atoms with Crippen molar-refractivity contribution in [1.29, 1.82) is 0 Å². The molecule has 1 aromatic carbocycles. The summed E-state index contributed by atoms with van der Waals surface area (Å²) >= 11 is 11.0. The number of amides is 2. The average Bonchev–Trinajstić information content (AvgIpc) is 3.02. The molecular weight excluding hydrogens is 397 g/mol. The fourth-order valence-corrected chi connectivity index (χ4v) is 3.65. The van der Waals surface area contributed by atoms with E-state index in [0.29, 0.717) is 24.7 Å². The molecule has 146 valence electrons. The Hall–Kier alpha value is -1.90. The molecule has 1 N–H and O–H groups in total. The Kier molecular flexibility index (Phi) is 5.21. The molecule has 2 fully saturated rings. The predicted octanol–water partition coefficient (Wildman–Crippen LogP) is 1.53. The number of benzene rings is 1. The molecule has 8 nitrogen and oxygen atoms in total. The Morgan fingerprint density at radius 2 is 2.07 bits per heavy atom. The number of rotatable bonds is 4. The number of halogens is 2. The van der Waals surface area contributed by atoms with E-state index in [1.165, 1.54) is 0 Å². The van der Waals surface area contributed by atoms with Gasteiger partial charge in [0.05, 0.1) is 25.4 Å². The van der Waals surface area contributed by atoms with E-state index in [2.05, 4.69) is 10.2 Å². The van der Waals surface area contributed by atoms with Crippen LogP contribution in [0.25, 0.3) is 0 Å². The van der Waals surface area contributed by atoms with Gasteiger partial charge in [-0.15, -0.1) is 0 Å². The van der Waals surface area contributed by atoms with Crippen molar-refractivity contribution in [2.75, 3.05) is 49.3 Å². The van der Waals surface area contributed by atoms with E-state index in [0.717, 1.165) is 18.8 Å². The summed E-state index contributed by atoms with van der Waals surface area (Å²) in [7, 11) is 0. The molecule has 0 aromatic heterocycles. The number of carbonyl (C=O) groups is 2. The van der Waals surface area contributed by atoms with Crippen LogP contribution < -0.4 is 19.9 Å². The average molecular weight is 416 g/mol. The molecule has 3 aliphatic heterocycles. The molecule has 0 bridgehead atoms. The van der Waals surface area contributed by atoms with Gasteiger partial charge in [0, 0.05) is 24.8 Å². The van der Waals surface area contributed by atoms with Gasteiger partial charge in [0.1, 0.15) is 24.5 Å². The van der Waals surface area contributed by atoms with Crippen molar-refractivity contribution in [3.05, 3.63) is 18.2 Å². The fraction of sp³-hybridized carbons (Fsp3) is 0.529. The number of nitrogens with one attached hydrogen (secondary N) is 1. The van der Waals surface area contributed by atoms with Crippen LogP contribution in [0, 0.1) is 0 Å². The van der Waals surface area contributed by atoms with E-state index in [1.807, 2.05) is 18.2 Å². The van der Waals surface area contributed by atoms with Crippen LogP contribution in [-0.4, -0.2) is 68.4 Å². The van der Waals surface area contributed by atoms with Crippen molar-refractivity contribution >= 4 is 46.6 Å². The summed E-state index contributed by atoms with van der Waals surface area (Å²) in [6.45, 7) is 3.41. The number of cyclic esters (lactones) is 1. The highest BCUT2D eigenvalue weighted by Crippen LogP contribution is 2.40. The van der Waals surface area contributed by atoms with Gasteiger partial charge in [-0.25, -0.2) is 4.79 Å². The molecule has 10 heteroatoms. The molecule has 3 aliphatic rings. The first-order chi connectivity index (χ1) is 13.0. The Morgan fingerprint density at radius 3 is 2.81 bits per heavy atom. The lowest BCUT2D eigenvalue weighted by molar-refractivity contribution is -0.119. The molecule has 2 amide bonds. The number of nitrogens with zero attached hydrogens (tertiary/aromatic N) is 2. The van der Waals surface area contributed by atoms with Gasteiger partial charge in [0.15, 0.2) is 4.84 Å². The maximum Gasteiger partial charge on any atom is 0.415 e. The lowest BCUT2D eigenvalue weighted by Gasteiger charge is -2.33. The second-order valence-corrected chi connectivity index (χ2v) is 7.56. The second kappa shape index (κ2) is 7.61. The first-order valence-electron chi connectivity index (χ1n) is 8.70. The summed E-state index contributed by atoms with van der Waals surface area (Å²) in [6, 6.07) is 5.43. The molecule has 0 aliphatic carbocycles. The van der Waals surface area contributed by atoms with Crippen LogP contribution in [0.15, 0.2) is 18.2 Å². The minimum absolute atomic E-state index is 0.117. The summed E-state index contributed by atoms with van der Waals surface area (Å²) in [6.07, 6.45) is -1.00. The van der Waals surface area contributed by atoms with Gasteiger partial charge in [-0.3, -0.25) is 9.69 Å². The number of morpholine rings is 1. The highest BCUT2D eigenvalue weighted by atomic mass is 35.5. The molecule has 2 saturated heterocycles. The zero-order valence-corrected chi connectivity index (χ0v) is 15.9. The van der Waals surface area contributed by atoms with Crippen molar-refractivity contribution in [2.24, 2.45) is 0 Å². The van der Waals surface area contributed by atoms with Gasteiger partial charge in [0.25, 0.3) is 5.91 Å². The number of anilines is 2. The summed E-state index contributed by atoms with van der Waals surface area (Å²) in [4.78, 5) is 26.6. The minimum Gasteiger partial charge on any atom is -0.489 e. The second-order valence-electron chi connectivity index (χ2n) is 6.47. The zero-order chi connectivity index (χ0) is 19.0. The predicted molar refractivity (Wildman–Crippen MR) is 100 cm³/mol. The standard InChI is InChI=1S/C17H19Cl2N3O5/c18-15(19)16(23)20-8-14-12-9-26-13-7-10(21-3-5-25-6-4-21)1-2-11(13)22(12)17(24)27-14/h1-2,7,12,14-15H,3-6,8-9H2,(H,20,23)/t12-,14-/m0/s1. The van der Waals surface area contributed by atoms with Crippen LogP contribution >= 0.6 is 23.2 Å². The highest BCUT2D eigenvalue weighted by molar-refractivity contribution is 6.53. The first kappa shape index (κ1) is 18.5. The van der Waals surface area contributed by atoms with Crippen molar-refractivity contribution in [1.82, 2.24) is 5.32 Å². The lowest BCUT2D eigenvalue weighted by Crippen LogP contribution is -2.48. The molecule has 2 atom stereocenters. The van der Waals surface area contributed by atoms with E-state index in [4.69, 9.17) is 37.4 Å². The van der Waals surface area contributed by atoms with Crippen LogP contribution in [-0.2, 0) is 14.3 Å². The summed E-state index contributed by atoms with van der Waals surface area (Å²) in [5, 5.41) is 2.57. The van der Waals surface area contributed by atoms with E-state index >= 15 is 0 Å². The van der Waals surface area contributed by atoms with Crippen LogP contribution in [0.4, 0.5) is 16.2 Å². The largest absolute Gasteiger partial charge is 0.489 e. The lowest BCUT2D eigenvalue weighted by atomic mass is 10.1. The van der Waals surface area contributed by atoms with Crippen molar-refractivity contribution in [3.8, 4) is 5.75 Å². The Bertz CT molecular complexity index is 741. The quantitative estimate of drug-likeness (QED) is 0.751. The monoisotopic (exact) mass is 415 g/mol. The molecule has 3 heterocycles. The number of ether oxygens (including phenoxy) is 3. The summed E-state index contributed by atoms with van der Waals surface area (Å²) in [5.74, 6) is 0.110. The van der Waals surface area contributed by atoms with Gasteiger partial charge in [-0.1, -0.05) is 23.2 Å². The minimum atomic E-state index is -1.17. The number of hydrogen-bond donors (Lipinski definition) is 1. The van der Waals surface area contributed by atoms with Crippen molar-refractivity contribution in [2.45, 2.75) is 17.0 Å². The summed E-state index contributed by atoms with van der Waals surface area (Å²) < 4.78 is 16.7. The highest BCUT2D eigenvalue weighted by Gasteiger charge is 2.46. The molecule has 4 rings (SSSR count). The number of carbonyl (C=O) groups excluding carboxylic acids is 2. The zero-order valence-electron chi connectivity index (χ0n) is 14.4. The van der Waals surface area contributed by atoms with Crippen LogP contribution in [0.5, 0.6) is 5.75 Å². The first-order valence-corrected chi connectivity index (χ1v) is 9.57. The van der Waals surface area contributed by atoms with Gasteiger partial charge in [0.2, 0.25) is 0 Å². The smallest absolute Gasteiger partial charge is 0.415 e. The van der Waals surface area contributed by atoms with Gasteiger partial charge < -0.3 is 24.4 Å². The summed E-state index contributed by atoms with van der Waals surface area (Å²) in [5.41, 5.74) is 1.69. The maximum atomic E-state index is 12.4. The van der Waals surface area contributed by atoms with E-state index < -0.39 is 22.9 Å².